The van der Waals surface area contributed by atoms with E-state index in [2.05, 4.69) is 0 Å². The highest BCUT2D eigenvalue weighted by Crippen LogP contribution is 2.27. The van der Waals surface area contributed by atoms with Crippen molar-refractivity contribution in [2.75, 3.05) is 0 Å². The number of amides is 1. The van der Waals surface area contributed by atoms with Gasteiger partial charge in [-0.05, 0) is 30.2 Å². The zero-order valence-electron chi connectivity index (χ0n) is 8.04. The second kappa shape index (κ2) is 5.35. The Morgan fingerprint density at radius 3 is 2.67 bits per heavy atom. The average Bonchev–Trinajstić information content (AvgIpc) is 2.18. The van der Waals surface area contributed by atoms with E-state index in [9.17, 15) is 4.79 Å². The molecule has 0 heterocycles. The van der Waals surface area contributed by atoms with Crippen LogP contribution in [-0.4, -0.2) is 5.91 Å². The Bertz CT molecular complexity index is 368. The van der Waals surface area contributed by atoms with Crippen LogP contribution in [0.15, 0.2) is 18.2 Å². The van der Waals surface area contributed by atoms with Crippen LogP contribution in [0.2, 0.25) is 10.0 Å². The standard InChI is InChI=1S/C10H12Cl2N2O/c11-6-1-2-8(12)7(5-6)9(13)3-4-10(14)15/h1-2,5,9H,3-4,13H2,(H2,14,15). The van der Waals surface area contributed by atoms with E-state index in [1.54, 1.807) is 18.2 Å². The molecule has 1 aromatic rings. The van der Waals surface area contributed by atoms with Gasteiger partial charge >= 0.3 is 0 Å². The molecule has 15 heavy (non-hydrogen) atoms. The van der Waals surface area contributed by atoms with Gasteiger partial charge in [0.1, 0.15) is 0 Å². The van der Waals surface area contributed by atoms with E-state index in [0.717, 1.165) is 5.56 Å². The number of rotatable bonds is 4. The molecule has 5 heteroatoms. The molecule has 0 saturated heterocycles. The molecule has 0 aliphatic carbocycles. The van der Waals surface area contributed by atoms with Crippen molar-refractivity contribution in [2.24, 2.45) is 11.5 Å². The highest BCUT2D eigenvalue weighted by Gasteiger charge is 2.11. The fraction of sp³-hybridized carbons (Fsp3) is 0.300. The minimum absolute atomic E-state index is 0.240. The van der Waals surface area contributed by atoms with Crippen LogP contribution in [0.1, 0.15) is 24.4 Å². The minimum atomic E-state index is -0.372. The predicted octanol–water partition coefficient (Wildman–Crippen LogP) is 2.26. The number of halogens is 2. The van der Waals surface area contributed by atoms with Gasteiger partial charge in [-0.15, -0.1) is 0 Å². The van der Waals surface area contributed by atoms with Gasteiger partial charge in [-0.3, -0.25) is 4.79 Å². The second-order valence-corrected chi connectivity index (χ2v) is 4.12. The van der Waals surface area contributed by atoms with E-state index in [-0.39, 0.29) is 18.4 Å². The Kier molecular flexibility index (Phi) is 4.39. The molecule has 4 N–H and O–H groups in total. The van der Waals surface area contributed by atoms with E-state index in [1.165, 1.54) is 0 Å². The van der Waals surface area contributed by atoms with Gasteiger partial charge < -0.3 is 11.5 Å². The summed E-state index contributed by atoms with van der Waals surface area (Å²) >= 11 is 11.8. The van der Waals surface area contributed by atoms with Crippen LogP contribution in [0.25, 0.3) is 0 Å². The van der Waals surface area contributed by atoms with Crippen LogP contribution in [0.4, 0.5) is 0 Å². The Balaban J connectivity index is 2.76. The molecule has 1 rings (SSSR count). The van der Waals surface area contributed by atoms with Crippen molar-refractivity contribution in [2.45, 2.75) is 18.9 Å². The molecule has 0 saturated carbocycles. The monoisotopic (exact) mass is 246 g/mol. The molecule has 1 aromatic carbocycles. The van der Waals surface area contributed by atoms with Gasteiger partial charge in [-0.25, -0.2) is 0 Å². The van der Waals surface area contributed by atoms with Crippen LogP contribution >= 0.6 is 23.2 Å². The summed E-state index contributed by atoms with van der Waals surface area (Å²) in [5, 5.41) is 1.13. The fourth-order valence-corrected chi connectivity index (χ4v) is 1.69. The van der Waals surface area contributed by atoms with Crippen LogP contribution in [0.3, 0.4) is 0 Å². The number of nitrogens with two attached hydrogens (primary N) is 2. The van der Waals surface area contributed by atoms with Gasteiger partial charge in [0.05, 0.1) is 0 Å². The number of hydrogen-bond acceptors (Lipinski definition) is 2. The van der Waals surface area contributed by atoms with Gasteiger partial charge in [-0.2, -0.15) is 0 Å². The lowest BCUT2D eigenvalue weighted by atomic mass is 10.0. The fourth-order valence-electron chi connectivity index (χ4n) is 1.25. The molecule has 1 unspecified atom stereocenters. The van der Waals surface area contributed by atoms with E-state index in [0.29, 0.717) is 16.5 Å². The largest absolute Gasteiger partial charge is 0.370 e. The molecule has 0 aromatic heterocycles. The molecule has 1 atom stereocenters. The number of benzene rings is 1. The SMILES string of the molecule is NC(=O)CCC(N)c1cc(Cl)ccc1Cl. The van der Waals surface area contributed by atoms with Gasteiger partial charge in [0.15, 0.2) is 0 Å². The second-order valence-electron chi connectivity index (χ2n) is 3.28. The third-order valence-electron chi connectivity index (χ3n) is 2.06. The molecule has 0 aliphatic heterocycles. The van der Waals surface area contributed by atoms with Crippen molar-refractivity contribution in [1.29, 1.82) is 0 Å². The Labute approximate surface area is 98.3 Å². The summed E-state index contributed by atoms with van der Waals surface area (Å²) in [5.41, 5.74) is 11.6. The lowest BCUT2D eigenvalue weighted by molar-refractivity contribution is -0.118. The molecule has 0 aliphatic rings. The number of hydrogen-bond donors (Lipinski definition) is 2. The summed E-state index contributed by atoms with van der Waals surface area (Å²) in [4.78, 5) is 10.6. The van der Waals surface area contributed by atoms with Crippen molar-refractivity contribution in [1.82, 2.24) is 0 Å². The smallest absolute Gasteiger partial charge is 0.217 e. The van der Waals surface area contributed by atoms with E-state index in [4.69, 9.17) is 34.7 Å². The first kappa shape index (κ1) is 12.3. The highest BCUT2D eigenvalue weighted by molar-refractivity contribution is 6.33. The summed E-state index contributed by atoms with van der Waals surface area (Å²) in [6, 6.07) is 4.76. The Morgan fingerprint density at radius 2 is 2.07 bits per heavy atom. The highest BCUT2D eigenvalue weighted by atomic mass is 35.5. The minimum Gasteiger partial charge on any atom is -0.370 e. The summed E-state index contributed by atoms with van der Waals surface area (Å²) in [5.74, 6) is -0.372. The lowest BCUT2D eigenvalue weighted by Crippen LogP contribution is -2.16. The van der Waals surface area contributed by atoms with Crippen molar-refractivity contribution >= 4 is 29.1 Å². The Morgan fingerprint density at radius 1 is 1.40 bits per heavy atom. The molecule has 3 nitrogen and oxygen atoms in total. The van der Waals surface area contributed by atoms with Gasteiger partial charge in [0, 0.05) is 22.5 Å². The molecular weight excluding hydrogens is 235 g/mol. The van der Waals surface area contributed by atoms with E-state index >= 15 is 0 Å². The van der Waals surface area contributed by atoms with E-state index in [1.807, 2.05) is 0 Å². The van der Waals surface area contributed by atoms with Gasteiger partial charge in [0.25, 0.3) is 0 Å². The average molecular weight is 247 g/mol. The first-order chi connectivity index (χ1) is 7.00. The Hall–Kier alpha value is -0.770. The molecule has 1 amide bonds. The van der Waals surface area contributed by atoms with Crippen molar-refractivity contribution in [3.63, 3.8) is 0 Å². The molecule has 82 valence electrons. The maximum Gasteiger partial charge on any atom is 0.217 e. The molecule has 0 fully saturated rings. The molecule has 0 bridgehead atoms. The zero-order valence-corrected chi connectivity index (χ0v) is 9.55. The first-order valence-corrected chi connectivity index (χ1v) is 5.25. The van der Waals surface area contributed by atoms with Crippen LogP contribution in [-0.2, 0) is 4.79 Å². The maximum absolute atomic E-state index is 10.6. The first-order valence-electron chi connectivity index (χ1n) is 4.49. The quantitative estimate of drug-likeness (QED) is 0.856. The summed E-state index contributed by atoms with van der Waals surface area (Å²) in [7, 11) is 0. The summed E-state index contributed by atoms with van der Waals surface area (Å²) in [6.07, 6.45) is 0.708. The van der Waals surface area contributed by atoms with Crippen LogP contribution in [0.5, 0.6) is 0 Å². The van der Waals surface area contributed by atoms with Crippen molar-refractivity contribution < 1.29 is 4.79 Å². The molecular formula is C10H12Cl2N2O. The maximum atomic E-state index is 10.6. The molecule has 0 radical (unpaired) electrons. The van der Waals surface area contributed by atoms with Gasteiger partial charge in [-0.1, -0.05) is 23.2 Å². The van der Waals surface area contributed by atoms with Crippen LogP contribution in [0, 0.1) is 0 Å². The van der Waals surface area contributed by atoms with E-state index < -0.39 is 0 Å². The van der Waals surface area contributed by atoms with Crippen molar-refractivity contribution in [3.8, 4) is 0 Å². The third kappa shape index (κ3) is 3.70. The predicted molar refractivity (Wildman–Crippen MR) is 61.8 cm³/mol. The number of carbonyl (C=O) groups is 1. The summed E-state index contributed by atoms with van der Waals surface area (Å²) in [6.45, 7) is 0. The number of primary amides is 1. The van der Waals surface area contributed by atoms with Crippen molar-refractivity contribution in [3.05, 3.63) is 33.8 Å². The third-order valence-corrected chi connectivity index (χ3v) is 2.64. The summed E-state index contributed by atoms with van der Waals surface area (Å²) < 4.78 is 0. The van der Waals surface area contributed by atoms with Gasteiger partial charge in [0.2, 0.25) is 5.91 Å². The normalized spacial score (nSPS) is 12.5. The lowest BCUT2D eigenvalue weighted by Gasteiger charge is -2.12. The zero-order chi connectivity index (χ0) is 11.4. The number of carbonyl (C=O) groups excluding carboxylic acids is 1. The topological polar surface area (TPSA) is 69.1 Å². The van der Waals surface area contributed by atoms with Crippen LogP contribution < -0.4 is 11.5 Å². The molecule has 0 spiro atoms.